The molecular formula is C36H39Cl2N3O4S. The predicted octanol–water partition coefficient (Wildman–Crippen LogP) is 7.36. The normalized spacial score (nSPS) is 12.7. The van der Waals surface area contributed by atoms with Gasteiger partial charge < -0.3 is 10.2 Å². The molecule has 2 atom stereocenters. The second-order valence-corrected chi connectivity index (χ2v) is 14.1. The minimum absolute atomic E-state index is 0.0449. The van der Waals surface area contributed by atoms with Gasteiger partial charge in [-0.1, -0.05) is 96.4 Å². The second kappa shape index (κ2) is 15.6. The van der Waals surface area contributed by atoms with Crippen molar-refractivity contribution >= 4 is 50.7 Å². The largest absolute Gasteiger partial charge is 0.352 e. The van der Waals surface area contributed by atoms with Crippen LogP contribution < -0.4 is 9.62 Å². The van der Waals surface area contributed by atoms with Crippen LogP contribution in [0, 0.1) is 13.8 Å². The predicted molar refractivity (Wildman–Crippen MR) is 186 cm³/mol. The quantitative estimate of drug-likeness (QED) is 0.160. The van der Waals surface area contributed by atoms with Crippen molar-refractivity contribution in [2.75, 3.05) is 10.8 Å². The van der Waals surface area contributed by atoms with E-state index in [1.807, 2.05) is 64.1 Å². The number of carbonyl (C=O) groups excluding carboxylic acids is 2. The number of sulfonamides is 1. The molecule has 4 aromatic carbocycles. The van der Waals surface area contributed by atoms with E-state index in [1.54, 1.807) is 48.5 Å². The van der Waals surface area contributed by atoms with Gasteiger partial charge in [0.15, 0.2) is 0 Å². The maximum absolute atomic E-state index is 14.6. The molecule has 0 fully saturated rings. The molecule has 0 aliphatic carbocycles. The van der Waals surface area contributed by atoms with E-state index >= 15 is 0 Å². The SMILES string of the molecule is CC[C@@H](C)NC(=O)[C@@H](Cc1ccccc1)N(Cc1c(Cl)cccc1Cl)C(=O)CN(c1cccc(C)c1)S(=O)(=O)c1ccc(C)cc1. The van der Waals surface area contributed by atoms with Crippen molar-refractivity contribution in [2.24, 2.45) is 0 Å². The lowest BCUT2D eigenvalue weighted by Gasteiger charge is -2.34. The highest BCUT2D eigenvalue weighted by molar-refractivity contribution is 7.92. The van der Waals surface area contributed by atoms with Crippen LogP contribution in [0.15, 0.2) is 102 Å². The summed E-state index contributed by atoms with van der Waals surface area (Å²) in [7, 11) is -4.20. The molecule has 46 heavy (non-hydrogen) atoms. The molecule has 0 saturated heterocycles. The van der Waals surface area contributed by atoms with Gasteiger partial charge in [0.25, 0.3) is 10.0 Å². The van der Waals surface area contributed by atoms with Gasteiger partial charge in [0.2, 0.25) is 11.8 Å². The molecule has 242 valence electrons. The zero-order valence-electron chi connectivity index (χ0n) is 26.4. The number of rotatable bonds is 13. The third-order valence-electron chi connectivity index (χ3n) is 7.84. The van der Waals surface area contributed by atoms with Crippen molar-refractivity contribution in [1.82, 2.24) is 10.2 Å². The van der Waals surface area contributed by atoms with Crippen LogP contribution in [0.1, 0.15) is 42.5 Å². The van der Waals surface area contributed by atoms with Gasteiger partial charge in [-0.25, -0.2) is 8.42 Å². The smallest absolute Gasteiger partial charge is 0.264 e. The highest BCUT2D eigenvalue weighted by Crippen LogP contribution is 2.29. The lowest BCUT2D eigenvalue weighted by atomic mass is 10.0. The van der Waals surface area contributed by atoms with Crippen molar-refractivity contribution < 1.29 is 18.0 Å². The summed E-state index contributed by atoms with van der Waals surface area (Å²) in [4.78, 5) is 30.0. The van der Waals surface area contributed by atoms with E-state index in [0.29, 0.717) is 27.7 Å². The van der Waals surface area contributed by atoms with Crippen LogP contribution in [-0.2, 0) is 32.6 Å². The van der Waals surface area contributed by atoms with E-state index in [2.05, 4.69) is 5.32 Å². The van der Waals surface area contributed by atoms with Gasteiger partial charge in [-0.3, -0.25) is 13.9 Å². The van der Waals surface area contributed by atoms with Gasteiger partial charge >= 0.3 is 0 Å². The highest BCUT2D eigenvalue weighted by atomic mass is 35.5. The molecule has 0 aliphatic heterocycles. The van der Waals surface area contributed by atoms with Gasteiger partial charge in [0.05, 0.1) is 10.6 Å². The minimum atomic E-state index is -4.20. The van der Waals surface area contributed by atoms with E-state index in [4.69, 9.17) is 23.2 Å². The highest BCUT2D eigenvalue weighted by Gasteiger charge is 2.35. The Balaban J connectivity index is 1.84. The van der Waals surface area contributed by atoms with Crippen LogP contribution in [0.2, 0.25) is 10.0 Å². The molecule has 10 heteroatoms. The summed E-state index contributed by atoms with van der Waals surface area (Å²) in [5.41, 5.74) is 3.34. The molecule has 0 bridgehead atoms. The summed E-state index contributed by atoms with van der Waals surface area (Å²) < 4.78 is 29.5. The van der Waals surface area contributed by atoms with Gasteiger partial charge in [0, 0.05) is 34.6 Å². The maximum atomic E-state index is 14.6. The van der Waals surface area contributed by atoms with Crippen molar-refractivity contribution in [2.45, 2.75) is 64.1 Å². The zero-order chi connectivity index (χ0) is 33.4. The number of benzene rings is 4. The van der Waals surface area contributed by atoms with Crippen LogP contribution in [0.5, 0.6) is 0 Å². The summed E-state index contributed by atoms with van der Waals surface area (Å²) in [6.45, 7) is 6.89. The van der Waals surface area contributed by atoms with Crippen molar-refractivity contribution in [3.8, 4) is 0 Å². The van der Waals surface area contributed by atoms with E-state index < -0.39 is 28.5 Å². The average Bonchev–Trinajstić information content (AvgIpc) is 3.03. The summed E-state index contributed by atoms with van der Waals surface area (Å²) in [5.74, 6) is -0.952. The molecule has 0 saturated carbocycles. The summed E-state index contributed by atoms with van der Waals surface area (Å²) in [6.07, 6.45) is 0.871. The Labute approximate surface area is 282 Å². The van der Waals surface area contributed by atoms with Crippen molar-refractivity contribution in [3.05, 3.63) is 129 Å². The number of carbonyl (C=O) groups is 2. The second-order valence-electron chi connectivity index (χ2n) is 11.4. The molecule has 0 unspecified atom stereocenters. The summed E-state index contributed by atoms with van der Waals surface area (Å²) in [5, 5.41) is 3.68. The maximum Gasteiger partial charge on any atom is 0.264 e. The number of nitrogens with zero attached hydrogens (tertiary/aromatic N) is 2. The van der Waals surface area contributed by atoms with E-state index in [1.165, 1.54) is 17.0 Å². The van der Waals surface area contributed by atoms with Gasteiger partial charge in [0.1, 0.15) is 12.6 Å². The van der Waals surface area contributed by atoms with Crippen molar-refractivity contribution in [3.63, 3.8) is 0 Å². The van der Waals surface area contributed by atoms with Crippen LogP contribution in [0.3, 0.4) is 0 Å². The van der Waals surface area contributed by atoms with E-state index in [-0.39, 0.29) is 29.8 Å². The molecule has 0 aromatic heterocycles. The average molecular weight is 681 g/mol. The Morgan fingerprint density at radius 1 is 0.826 bits per heavy atom. The fourth-order valence-corrected chi connectivity index (χ4v) is 6.92. The molecule has 4 aromatic rings. The number of nitrogens with one attached hydrogen (secondary N) is 1. The molecule has 0 spiro atoms. The first kappa shape index (κ1) is 35.0. The van der Waals surface area contributed by atoms with Crippen LogP contribution in [0.25, 0.3) is 0 Å². The Morgan fingerprint density at radius 2 is 1.46 bits per heavy atom. The molecule has 0 aliphatic rings. The van der Waals surface area contributed by atoms with Crippen LogP contribution >= 0.6 is 23.2 Å². The third-order valence-corrected chi connectivity index (χ3v) is 10.3. The Kier molecular flexibility index (Phi) is 11.9. The number of amides is 2. The first-order valence-electron chi connectivity index (χ1n) is 15.1. The lowest BCUT2D eigenvalue weighted by Crippen LogP contribution is -2.54. The monoisotopic (exact) mass is 679 g/mol. The van der Waals surface area contributed by atoms with Gasteiger partial charge in [-0.05, 0) is 74.7 Å². The van der Waals surface area contributed by atoms with E-state index in [9.17, 15) is 18.0 Å². The minimum Gasteiger partial charge on any atom is -0.352 e. The fourth-order valence-electron chi connectivity index (χ4n) is 5.00. The molecule has 4 rings (SSSR count). The van der Waals surface area contributed by atoms with Crippen LogP contribution in [-0.4, -0.2) is 43.8 Å². The number of anilines is 1. The Bertz CT molecular complexity index is 1750. The molecule has 0 heterocycles. The standard InChI is InChI=1S/C36H39Cl2N3O4S/c1-5-27(4)39-36(43)34(22-28-12-7-6-8-13-28)40(23-31-32(37)15-10-16-33(31)38)35(42)24-41(29-14-9-11-26(3)21-29)46(44,45)30-19-17-25(2)18-20-30/h6-21,27,34H,5,22-24H2,1-4H3,(H,39,43)/t27-,34-/m1/s1. The van der Waals surface area contributed by atoms with E-state index in [0.717, 1.165) is 21.0 Å². The van der Waals surface area contributed by atoms with Crippen molar-refractivity contribution in [1.29, 1.82) is 0 Å². The number of hydrogen-bond donors (Lipinski definition) is 1. The fraction of sp³-hybridized carbons (Fsp3) is 0.278. The molecule has 1 N–H and O–H groups in total. The topological polar surface area (TPSA) is 86.8 Å². The molecule has 0 radical (unpaired) electrons. The summed E-state index contributed by atoms with van der Waals surface area (Å²) >= 11 is 13.2. The summed E-state index contributed by atoms with van der Waals surface area (Å²) in [6, 6.07) is 26.7. The van der Waals surface area contributed by atoms with Gasteiger partial charge in [-0.2, -0.15) is 0 Å². The Morgan fingerprint density at radius 3 is 2.07 bits per heavy atom. The number of hydrogen-bond acceptors (Lipinski definition) is 4. The lowest BCUT2D eigenvalue weighted by molar-refractivity contribution is -0.140. The third kappa shape index (κ3) is 8.69. The molecular weight excluding hydrogens is 641 g/mol. The first-order chi connectivity index (χ1) is 21.9. The first-order valence-corrected chi connectivity index (χ1v) is 17.3. The Hall–Kier alpha value is -3.85. The van der Waals surface area contributed by atoms with Crippen LogP contribution in [0.4, 0.5) is 5.69 Å². The number of halogens is 2. The zero-order valence-corrected chi connectivity index (χ0v) is 28.7. The molecule has 7 nitrogen and oxygen atoms in total. The van der Waals surface area contributed by atoms with Gasteiger partial charge in [-0.15, -0.1) is 0 Å². The molecule has 2 amide bonds. The number of aryl methyl sites for hydroxylation is 2.